The predicted molar refractivity (Wildman–Crippen MR) is 80.5 cm³/mol. The van der Waals surface area contributed by atoms with Gasteiger partial charge in [-0.25, -0.2) is 0 Å². The van der Waals surface area contributed by atoms with Crippen molar-refractivity contribution in [2.75, 3.05) is 13.1 Å². The summed E-state index contributed by atoms with van der Waals surface area (Å²) in [6.07, 6.45) is 3.89. The molecule has 1 heterocycles. The largest absolute Gasteiger partial charge is 0.341 e. The monoisotopic (exact) mass is 293 g/mol. The summed E-state index contributed by atoms with van der Waals surface area (Å²) < 4.78 is 0. The molecular weight excluding hydrogens is 274 g/mol. The normalized spacial score (nSPS) is 15.9. The summed E-state index contributed by atoms with van der Waals surface area (Å²) in [5.41, 5.74) is 7.62. The summed E-state index contributed by atoms with van der Waals surface area (Å²) in [4.78, 5) is 14.0. The molecule has 0 aromatic heterocycles. The Hall–Kier alpha value is -1.57. The Morgan fingerprint density at radius 1 is 1.25 bits per heavy atom. The second-order valence-electron chi connectivity index (χ2n) is 5.01. The lowest BCUT2D eigenvalue weighted by molar-refractivity contribution is -0.133. The van der Waals surface area contributed by atoms with Crippen molar-refractivity contribution in [3.05, 3.63) is 35.4 Å². The Morgan fingerprint density at radius 2 is 1.85 bits per heavy atom. The third-order valence-electron chi connectivity index (χ3n) is 3.52. The second kappa shape index (κ2) is 7.88. The number of rotatable bonds is 3. The lowest BCUT2D eigenvalue weighted by atomic mass is 10.0. The summed E-state index contributed by atoms with van der Waals surface area (Å²) in [6, 6.07) is 8.84. The maximum Gasteiger partial charge on any atom is 0.239 e. The van der Waals surface area contributed by atoms with Gasteiger partial charge in [0, 0.05) is 13.1 Å². The van der Waals surface area contributed by atoms with Crippen molar-refractivity contribution >= 4 is 18.3 Å². The minimum atomic E-state index is -0.481. The fraction of sp³-hybridized carbons (Fsp3) is 0.467. The van der Waals surface area contributed by atoms with Crippen molar-refractivity contribution in [3.63, 3.8) is 0 Å². The van der Waals surface area contributed by atoms with E-state index in [2.05, 4.69) is 6.07 Å². The van der Waals surface area contributed by atoms with Gasteiger partial charge in [-0.1, -0.05) is 12.1 Å². The van der Waals surface area contributed by atoms with E-state index < -0.39 is 6.04 Å². The van der Waals surface area contributed by atoms with Crippen LogP contribution in [0.4, 0.5) is 0 Å². The first kappa shape index (κ1) is 16.5. The molecule has 1 amide bonds. The van der Waals surface area contributed by atoms with Gasteiger partial charge in [0.1, 0.15) is 0 Å². The average molecular weight is 294 g/mol. The number of halogens is 1. The summed E-state index contributed by atoms with van der Waals surface area (Å²) in [5, 5.41) is 8.73. The van der Waals surface area contributed by atoms with E-state index in [0.717, 1.165) is 31.5 Å². The summed E-state index contributed by atoms with van der Waals surface area (Å²) in [7, 11) is 0. The third kappa shape index (κ3) is 4.22. The number of nitrogens with two attached hydrogens (primary N) is 1. The minimum absolute atomic E-state index is 0. The van der Waals surface area contributed by atoms with E-state index in [1.54, 1.807) is 12.1 Å². The van der Waals surface area contributed by atoms with Crippen LogP contribution in [0, 0.1) is 11.3 Å². The molecule has 1 aliphatic heterocycles. The Labute approximate surface area is 126 Å². The highest BCUT2D eigenvalue weighted by molar-refractivity contribution is 5.85. The van der Waals surface area contributed by atoms with Crippen molar-refractivity contribution in [1.29, 1.82) is 5.26 Å². The lowest BCUT2D eigenvalue weighted by Gasteiger charge is -2.29. The molecule has 0 saturated carbocycles. The van der Waals surface area contributed by atoms with Gasteiger partial charge in [0.25, 0.3) is 0 Å². The van der Waals surface area contributed by atoms with E-state index in [1.807, 2.05) is 17.0 Å². The second-order valence-corrected chi connectivity index (χ2v) is 5.01. The molecule has 0 unspecified atom stereocenters. The molecule has 0 bridgehead atoms. The topological polar surface area (TPSA) is 70.1 Å². The molecule has 1 aromatic carbocycles. The van der Waals surface area contributed by atoms with E-state index in [0.29, 0.717) is 12.0 Å². The van der Waals surface area contributed by atoms with E-state index in [1.165, 1.54) is 6.42 Å². The van der Waals surface area contributed by atoms with Crippen LogP contribution in [0.2, 0.25) is 0 Å². The zero-order valence-electron chi connectivity index (χ0n) is 11.4. The van der Waals surface area contributed by atoms with E-state index in [4.69, 9.17) is 11.0 Å². The van der Waals surface area contributed by atoms with Gasteiger partial charge >= 0.3 is 0 Å². The number of nitriles is 1. The summed E-state index contributed by atoms with van der Waals surface area (Å²) in [6.45, 7) is 1.67. The van der Waals surface area contributed by atoms with Crippen LogP contribution in [0.3, 0.4) is 0 Å². The van der Waals surface area contributed by atoms with Gasteiger partial charge in [0.2, 0.25) is 5.91 Å². The van der Waals surface area contributed by atoms with Gasteiger partial charge in [-0.2, -0.15) is 5.26 Å². The molecule has 108 valence electrons. The van der Waals surface area contributed by atoms with Crippen molar-refractivity contribution in [2.45, 2.75) is 31.7 Å². The molecule has 1 saturated heterocycles. The zero-order valence-corrected chi connectivity index (χ0v) is 12.2. The van der Waals surface area contributed by atoms with Crippen molar-refractivity contribution in [2.24, 2.45) is 5.73 Å². The number of nitrogens with zero attached hydrogens (tertiary/aromatic N) is 2. The molecule has 5 heteroatoms. The van der Waals surface area contributed by atoms with Crippen LogP contribution in [0.15, 0.2) is 24.3 Å². The van der Waals surface area contributed by atoms with Gasteiger partial charge < -0.3 is 10.6 Å². The maximum absolute atomic E-state index is 12.2. The molecule has 2 N–H and O–H groups in total. The van der Waals surface area contributed by atoms with Gasteiger partial charge in [-0.3, -0.25) is 4.79 Å². The zero-order chi connectivity index (χ0) is 13.7. The van der Waals surface area contributed by atoms with Crippen LogP contribution in [-0.4, -0.2) is 29.9 Å². The van der Waals surface area contributed by atoms with E-state index in [-0.39, 0.29) is 18.3 Å². The van der Waals surface area contributed by atoms with E-state index in [9.17, 15) is 4.79 Å². The number of carbonyl (C=O) groups is 1. The van der Waals surface area contributed by atoms with E-state index >= 15 is 0 Å². The first-order chi connectivity index (χ1) is 9.20. The number of carbonyl (C=O) groups excluding carboxylic acids is 1. The van der Waals surface area contributed by atoms with Gasteiger partial charge in [0.15, 0.2) is 0 Å². The molecule has 0 aliphatic carbocycles. The Balaban J connectivity index is 0.00000200. The molecule has 20 heavy (non-hydrogen) atoms. The molecule has 2 rings (SSSR count). The first-order valence-corrected chi connectivity index (χ1v) is 6.74. The molecule has 0 radical (unpaired) electrons. The lowest BCUT2D eigenvalue weighted by Crippen LogP contribution is -2.46. The minimum Gasteiger partial charge on any atom is -0.341 e. The molecule has 4 nitrogen and oxygen atoms in total. The molecule has 1 aliphatic rings. The van der Waals surface area contributed by atoms with Crippen molar-refractivity contribution < 1.29 is 4.79 Å². The standard InChI is InChI=1S/C15H19N3O.ClH/c16-11-13-6-4-12(5-7-13)10-14(17)15(19)18-8-2-1-3-9-18;/h4-7,14H,1-3,8-10,17H2;1H/t14-;/m0./s1. The van der Waals surface area contributed by atoms with Crippen LogP contribution < -0.4 is 5.73 Å². The fourth-order valence-electron chi connectivity index (χ4n) is 2.41. The smallest absolute Gasteiger partial charge is 0.239 e. The highest BCUT2D eigenvalue weighted by atomic mass is 35.5. The number of amides is 1. The van der Waals surface area contributed by atoms with Crippen molar-refractivity contribution in [1.82, 2.24) is 4.90 Å². The SMILES string of the molecule is Cl.N#Cc1ccc(C[C@H](N)C(=O)N2CCCCC2)cc1. The molecule has 1 atom stereocenters. The summed E-state index contributed by atoms with van der Waals surface area (Å²) in [5.74, 6) is 0.0454. The molecule has 0 spiro atoms. The maximum atomic E-state index is 12.2. The van der Waals surface area contributed by atoms with Gasteiger partial charge in [0.05, 0.1) is 17.7 Å². The average Bonchev–Trinajstić information content (AvgIpc) is 2.48. The number of piperidine rings is 1. The van der Waals surface area contributed by atoms with Crippen molar-refractivity contribution in [3.8, 4) is 6.07 Å². The van der Waals surface area contributed by atoms with Crippen LogP contribution >= 0.6 is 12.4 Å². The first-order valence-electron chi connectivity index (χ1n) is 6.74. The molecule has 1 fully saturated rings. The van der Waals surface area contributed by atoms with Crippen LogP contribution in [-0.2, 0) is 11.2 Å². The summed E-state index contributed by atoms with van der Waals surface area (Å²) >= 11 is 0. The number of benzene rings is 1. The molecule has 1 aromatic rings. The van der Waals surface area contributed by atoms with Crippen LogP contribution in [0.5, 0.6) is 0 Å². The highest BCUT2D eigenvalue weighted by Gasteiger charge is 2.22. The highest BCUT2D eigenvalue weighted by Crippen LogP contribution is 2.12. The van der Waals surface area contributed by atoms with Gasteiger partial charge in [-0.05, 0) is 43.4 Å². The van der Waals surface area contributed by atoms with Crippen LogP contribution in [0.25, 0.3) is 0 Å². The predicted octanol–water partition coefficient (Wildman–Crippen LogP) is 1.86. The number of hydrogen-bond donors (Lipinski definition) is 1. The Bertz CT molecular complexity index is 475. The Morgan fingerprint density at radius 3 is 2.40 bits per heavy atom. The molecular formula is C15H20ClN3O. The quantitative estimate of drug-likeness (QED) is 0.925. The Kier molecular flexibility index (Phi) is 6.50. The third-order valence-corrected chi connectivity index (χ3v) is 3.52. The van der Waals surface area contributed by atoms with Crippen LogP contribution in [0.1, 0.15) is 30.4 Å². The number of likely N-dealkylation sites (tertiary alicyclic amines) is 1. The fourth-order valence-corrected chi connectivity index (χ4v) is 2.41. The number of hydrogen-bond acceptors (Lipinski definition) is 3. The van der Waals surface area contributed by atoms with Gasteiger partial charge in [-0.15, -0.1) is 12.4 Å².